The molecule has 1 aliphatic rings. The van der Waals surface area contributed by atoms with Crippen LogP contribution in [-0.2, 0) is 6.54 Å². The zero-order valence-corrected chi connectivity index (χ0v) is 19.5. The number of rotatable bonds is 8. The number of hydrogen-bond acceptors (Lipinski definition) is 4. The van der Waals surface area contributed by atoms with Crippen molar-refractivity contribution in [3.63, 3.8) is 0 Å². The molecule has 166 valence electrons. The van der Waals surface area contributed by atoms with E-state index in [0.717, 1.165) is 63.4 Å². The third kappa shape index (κ3) is 4.94. The Hall–Kier alpha value is -2.37. The second-order valence-corrected chi connectivity index (χ2v) is 8.90. The first-order chi connectivity index (χ1) is 15.0. The number of fused-ring (bicyclic) bond motifs is 1. The van der Waals surface area contributed by atoms with E-state index >= 15 is 0 Å². The van der Waals surface area contributed by atoms with Gasteiger partial charge < -0.3 is 14.2 Å². The number of unbranched alkanes of at least 4 members (excludes halogenated alkanes) is 1. The maximum absolute atomic E-state index is 6.12. The number of piperazine rings is 1. The van der Waals surface area contributed by atoms with Gasteiger partial charge in [-0.25, -0.2) is 4.98 Å². The minimum atomic E-state index is 0.326. The highest BCUT2D eigenvalue weighted by atomic mass is 16.5. The smallest absolute Gasteiger partial charge is 0.127 e. The van der Waals surface area contributed by atoms with Crippen LogP contribution in [0.5, 0.6) is 5.75 Å². The van der Waals surface area contributed by atoms with Crippen molar-refractivity contribution in [1.29, 1.82) is 0 Å². The van der Waals surface area contributed by atoms with Crippen molar-refractivity contribution in [2.75, 3.05) is 39.8 Å². The van der Waals surface area contributed by atoms with Crippen LogP contribution < -0.4 is 4.74 Å². The standard InChI is InChI=1S/C26H36N4O/c1-20-10-9-11-21(2)25(20)31-19-8-7-14-30-24-13-6-5-12-23(24)27-26(30)22(3)29-17-15-28(4)16-18-29/h5-6,9-13,22H,7-8,14-19H2,1-4H3. The minimum Gasteiger partial charge on any atom is -0.493 e. The van der Waals surface area contributed by atoms with Gasteiger partial charge in [0, 0.05) is 32.7 Å². The maximum atomic E-state index is 6.12. The number of ether oxygens (including phenoxy) is 1. The molecule has 1 unspecified atom stereocenters. The molecule has 1 fully saturated rings. The first-order valence-corrected chi connectivity index (χ1v) is 11.6. The minimum absolute atomic E-state index is 0.326. The van der Waals surface area contributed by atoms with Gasteiger partial charge in [-0.2, -0.15) is 0 Å². The second kappa shape index (κ2) is 9.84. The Bertz CT molecular complexity index is 984. The summed E-state index contributed by atoms with van der Waals surface area (Å²) in [5.74, 6) is 2.24. The highest BCUT2D eigenvalue weighted by Gasteiger charge is 2.24. The van der Waals surface area contributed by atoms with Gasteiger partial charge in [-0.15, -0.1) is 0 Å². The van der Waals surface area contributed by atoms with E-state index in [2.05, 4.69) is 84.7 Å². The first kappa shape index (κ1) is 21.8. The average Bonchev–Trinajstić information content (AvgIpc) is 3.14. The topological polar surface area (TPSA) is 33.5 Å². The molecule has 1 aliphatic heterocycles. The summed E-state index contributed by atoms with van der Waals surface area (Å²) in [6.07, 6.45) is 2.11. The third-order valence-electron chi connectivity index (χ3n) is 6.57. The van der Waals surface area contributed by atoms with E-state index in [9.17, 15) is 0 Å². The summed E-state index contributed by atoms with van der Waals surface area (Å²) in [5.41, 5.74) is 4.77. The summed E-state index contributed by atoms with van der Waals surface area (Å²) in [4.78, 5) is 10.0. The van der Waals surface area contributed by atoms with Gasteiger partial charge in [-0.3, -0.25) is 4.90 Å². The molecule has 1 saturated heterocycles. The summed E-state index contributed by atoms with van der Waals surface area (Å²) < 4.78 is 8.56. The average molecular weight is 421 g/mol. The predicted octanol–water partition coefficient (Wildman–Crippen LogP) is 4.82. The van der Waals surface area contributed by atoms with Gasteiger partial charge >= 0.3 is 0 Å². The Morgan fingerprint density at radius 3 is 2.39 bits per heavy atom. The van der Waals surface area contributed by atoms with Crippen molar-refractivity contribution in [3.05, 3.63) is 59.4 Å². The van der Waals surface area contributed by atoms with Gasteiger partial charge in [-0.05, 0) is 63.9 Å². The quantitative estimate of drug-likeness (QED) is 0.489. The van der Waals surface area contributed by atoms with Crippen LogP contribution in [0.4, 0.5) is 0 Å². The number of benzene rings is 2. The number of hydrogen-bond donors (Lipinski definition) is 0. The zero-order valence-electron chi connectivity index (χ0n) is 19.5. The van der Waals surface area contributed by atoms with Gasteiger partial charge in [0.15, 0.2) is 0 Å². The molecule has 31 heavy (non-hydrogen) atoms. The molecule has 2 aromatic carbocycles. The molecule has 0 radical (unpaired) electrons. The summed E-state index contributed by atoms with van der Waals surface area (Å²) in [7, 11) is 2.21. The number of likely N-dealkylation sites (N-methyl/N-ethyl adjacent to an activating group) is 1. The van der Waals surface area contributed by atoms with Crippen molar-refractivity contribution in [1.82, 2.24) is 19.4 Å². The normalized spacial score (nSPS) is 16.6. The van der Waals surface area contributed by atoms with Crippen molar-refractivity contribution in [2.45, 2.75) is 46.2 Å². The van der Waals surface area contributed by atoms with Crippen LogP contribution in [-0.4, -0.2) is 59.2 Å². The Morgan fingerprint density at radius 2 is 1.65 bits per heavy atom. The van der Waals surface area contributed by atoms with Crippen molar-refractivity contribution < 1.29 is 4.74 Å². The Labute approximate surface area is 186 Å². The predicted molar refractivity (Wildman–Crippen MR) is 128 cm³/mol. The highest BCUT2D eigenvalue weighted by Crippen LogP contribution is 2.26. The fourth-order valence-electron chi connectivity index (χ4n) is 4.59. The molecule has 0 saturated carbocycles. The number of para-hydroxylation sites is 3. The van der Waals surface area contributed by atoms with Crippen LogP contribution >= 0.6 is 0 Å². The van der Waals surface area contributed by atoms with E-state index in [1.165, 1.54) is 22.5 Å². The van der Waals surface area contributed by atoms with Gasteiger partial charge in [0.05, 0.1) is 23.7 Å². The lowest BCUT2D eigenvalue weighted by molar-refractivity contribution is 0.113. The Morgan fingerprint density at radius 1 is 0.935 bits per heavy atom. The molecule has 0 amide bonds. The first-order valence-electron chi connectivity index (χ1n) is 11.6. The summed E-state index contributed by atoms with van der Waals surface area (Å²) in [5, 5.41) is 0. The highest BCUT2D eigenvalue weighted by molar-refractivity contribution is 5.76. The molecule has 0 aliphatic carbocycles. The van der Waals surface area contributed by atoms with Crippen molar-refractivity contribution in [2.24, 2.45) is 0 Å². The fourth-order valence-corrected chi connectivity index (χ4v) is 4.59. The molecule has 0 N–H and O–H groups in total. The molecular weight excluding hydrogens is 384 g/mol. The van der Waals surface area contributed by atoms with E-state index < -0.39 is 0 Å². The SMILES string of the molecule is Cc1cccc(C)c1OCCCCn1c(C(C)N2CCN(C)CC2)nc2ccccc21. The van der Waals surface area contributed by atoms with E-state index in [0.29, 0.717) is 6.04 Å². The van der Waals surface area contributed by atoms with Gasteiger partial charge in [0.2, 0.25) is 0 Å². The molecule has 1 aromatic heterocycles. The van der Waals surface area contributed by atoms with Crippen LogP contribution in [0, 0.1) is 13.8 Å². The summed E-state index contributed by atoms with van der Waals surface area (Å²) in [6.45, 7) is 12.7. The van der Waals surface area contributed by atoms with Crippen molar-refractivity contribution in [3.8, 4) is 5.75 Å². The molecule has 5 heteroatoms. The van der Waals surface area contributed by atoms with Gasteiger partial charge in [0.25, 0.3) is 0 Å². The maximum Gasteiger partial charge on any atom is 0.127 e. The molecule has 0 bridgehead atoms. The van der Waals surface area contributed by atoms with Crippen molar-refractivity contribution >= 4 is 11.0 Å². The largest absolute Gasteiger partial charge is 0.493 e. The molecule has 4 rings (SSSR count). The van der Waals surface area contributed by atoms with Crippen LogP contribution in [0.25, 0.3) is 11.0 Å². The van der Waals surface area contributed by atoms with Crippen LogP contribution in [0.1, 0.15) is 42.8 Å². The number of aryl methyl sites for hydroxylation is 3. The lowest BCUT2D eigenvalue weighted by Gasteiger charge is -2.36. The van der Waals surface area contributed by atoms with E-state index in [1.54, 1.807) is 0 Å². The molecule has 5 nitrogen and oxygen atoms in total. The second-order valence-electron chi connectivity index (χ2n) is 8.90. The Kier molecular flexibility index (Phi) is 6.93. The molecule has 0 spiro atoms. The van der Waals surface area contributed by atoms with E-state index in [1.807, 2.05) is 0 Å². The molecule has 1 atom stereocenters. The van der Waals surface area contributed by atoms with Gasteiger partial charge in [-0.1, -0.05) is 30.3 Å². The zero-order chi connectivity index (χ0) is 21.8. The van der Waals surface area contributed by atoms with E-state index in [4.69, 9.17) is 9.72 Å². The van der Waals surface area contributed by atoms with Crippen LogP contribution in [0.3, 0.4) is 0 Å². The number of nitrogens with zero attached hydrogens (tertiary/aromatic N) is 4. The number of aromatic nitrogens is 2. The van der Waals surface area contributed by atoms with Crippen LogP contribution in [0.2, 0.25) is 0 Å². The molecule has 2 heterocycles. The Balaban J connectivity index is 1.42. The molecular formula is C26H36N4O. The fraction of sp³-hybridized carbons (Fsp3) is 0.500. The number of imidazole rings is 1. The monoisotopic (exact) mass is 420 g/mol. The molecule has 3 aromatic rings. The lowest BCUT2D eigenvalue weighted by atomic mass is 10.1. The lowest BCUT2D eigenvalue weighted by Crippen LogP contribution is -2.45. The summed E-state index contributed by atoms with van der Waals surface area (Å²) in [6, 6.07) is 15.2. The van der Waals surface area contributed by atoms with E-state index in [-0.39, 0.29) is 0 Å². The third-order valence-corrected chi connectivity index (χ3v) is 6.57. The van der Waals surface area contributed by atoms with Gasteiger partial charge in [0.1, 0.15) is 11.6 Å². The summed E-state index contributed by atoms with van der Waals surface area (Å²) >= 11 is 0. The van der Waals surface area contributed by atoms with Crippen LogP contribution in [0.15, 0.2) is 42.5 Å².